The van der Waals surface area contributed by atoms with Crippen LogP contribution in [-0.2, 0) is 16.0 Å². The maximum atomic E-state index is 12.7. The molecule has 0 atom stereocenters. The molecule has 140 valence electrons. The van der Waals surface area contributed by atoms with Crippen molar-refractivity contribution in [3.8, 4) is 17.0 Å². The first-order chi connectivity index (χ1) is 12.2. The number of hydrogen-bond donors (Lipinski definition) is 2. The van der Waals surface area contributed by atoms with Gasteiger partial charge in [-0.15, -0.1) is 23.7 Å². The fourth-order valence-electron chi connectivity index (χ4n) is 3.38. The lowest BCUT2D eigenvalue weighted by molar-refractivity contribution is -0.140. The van der Waals surface area contributed by atoms with Crippen LogP contribution in [0.5, 0.6) is 5.75 Å². The summed E-state index contributed by atoms with van der Waals surface area (Å²) in [7, 11) is 1.60. The lowest BCUT2D eigenvalue weighted by atomic mass is 9.91. The molecule has 3 heterocycles. The Kier molecular flexibility index (Phi) is 5.82. The van der Waals surface area contributed by atoms with Crippen molar-refractivity contribution in [3.05, 3.63) is 29.1 Å². The molecular formula is C18H22ClN3O3S. The van der Waals surface area contributed by atoms with E-state index >= 15 is 0 Å². The van der Waals surface area contributed by atoms with Gasteiger partial charge in [-0.25, -0.2) is 4.98 Å². The standard InChI is InChI=1S/C18H21N3O3S.ClH/c1-23-18(5-7-19-8-6-18)16(22)21-17-20-14(11-25-17)12-2-3-15-13(10-12)4-9-24-15;/h2-3,10-11,19H,4-9H2,1H3,(H,20,21,22);1H. The maximum Gasteiger partial charge on any atom is 0.258 e. The first-order valence-electron chi connectivity index (χ1n) is 8.49. The number of rotatable bonds is 4. The van der Waals surface area contributed by atoms with Crippen LogP contribution in [-0.4, -0.2) is 43.3 Å². The van der Waals surface area contributed by atoms with Crippen molar-refractivity contribution in [2.75, 3.05) is 32.1 Å². The van der Waals surface area contributed by atoms with E-state index in [1.807, 2.05) is 17.5 Å². The van der Waals surface area contributed by atoms with Gasteiger partial charge in [0.2, 0.25) is 0 Å². The summed E-state index contributed by atoms with van der Waals surface area (Å²) < 4.78 is 11.1. The van der Waals surface area contributed by atoms with Gasteiger partial charge in [0, 0.05) is 24.5 Å². The van der Waals surface area contributed by atoms with E-state index in [-0.39, 0.29) is 18.3 Å². The Bertz CT molecular complexity index is 790. The van der Waals surface area contributed by atoms with Gasteiger partial charge in [-0.2, -0.15) is 0 Å². The number of methoxy groups -OCH3 is 1. The number of fused-ring (bicyclic) bond motifs is 1. The van der Waals surface area contributed by atoms with Gasteiger partial charge < -0.3 is 14.8 Å². The third kappa shape index (κ3) is 3.57. The Hall–Kier alpha value is -1.67. The molecule has 1 aromatic heterocycles. The summed E-state index contributed by atoms with van der Waals surface area (Å²) in [4.78, 5) is 17.3. The highest BCUT2D eigenvalue weighted by Gasteiger charge is 2.40. The van der Waals surface area contributed by atoms with Gasteiger partial charge in [-0.3, -0.25) is 10.1 Å². The Morgan fingerprint density at radius 2 is 2.19 bits per heavy atom. The smallest absolute Gasteiger partial charge is 0.258 e. The summed E-state index contributed by atoms with van der Waals surface area (Å²) >= 11 is 1.43. The average Bonchev–Trinajstić information content (AvgIpc) is 3.30. The molecule has 2 aromatic rings. The van der Waals surface area contributed by atoms with Crippen LogP contribution in [0.2, 0.25) is 0 Å². The van der Waals surface area contributed by atoms with Crippen molar-refractivity contribution in [3.63, 3.8) is 0 Å². The SMILES string of the molecule is COC1(C(=O)Nc2nc(-c3ccc4c(c3)CCO4)cs2)CCNCC1.Cl. The number of amides is 1. The van der Waals surface area contributed by atoms with Crippen molar-refractivity contribution in [1.29, 1.82) is 0 Å². The molecule has 4 rings (SSSR count). The molecule has 2 N–H and O–H groups in total. The second-order valence-corrected chi connectivity index (χ2v) is 7.22. The number of piperidine rings is 1. The zero-order chi connectivity index (χ0) is 17.3. The van der Waals surface area contributed by atoms with Gasteiger partial charge in [0.05, 0.1) is 12.3 Å². The molecule has 1 aromatic carbocycles. The molecule has 26 heavy (non-hydrogen) atoms. The van der Waals surface area contributed by atoms with Crippen molar-refractivity contribution in [2.45, 2.75) is 24.9 Å². The molecule has 8 heteroatoms. The highest BCUT2D eigenvalue weighted by Crippen LogP contribution is 2.32. The normalized spacial score (nSPS) is 17.7. The molecule has 2 aliphatic heterocycles. The number of nitrogens with one attached hydrogen (secondary N) is 2. The second-order valence-electron chi connectivity index (χ2n) is 6.36. The first kappa shape index (κ1) is 19.1. The number of ether oxygens (including phenoxy) is 2. The Balaban J connectivity index is 0.00000196. The average molecular weight is 396 g/mol. The lowest BCUT2D eigenvalue weighted by Crippen LogP contribution is -2.51. The fourth-order valence-corrected chi connectivity index (χ4v) is 4.09. The van der Waals surface area contributed by atoms with E-state index in [0.717, 1.165) is 43.1 Å². The van der Waals surface area contributed by atoms with Gasteiger partial charge >= 0.3 is 0 Å². The largest absolute Gasteiger partial charge is 0.493 e. The quantitative estimate of drug-likeness (QED) is 0.832. The number of thiazole rings is 1. The van der Waals surface area contributed by atoms with Crippen LogP contribution in [0.25, 0.3) is 11.3 Å². The topological polar surface area (TPSA) is 72.5 Å². The van der Waals surface area contributed by atoms with Gasteiger partial charge in [0.15, 0.2) is 5.13 Å². The fraction of sp³-hybridized carbons (Fsp3) is 0.444. The first-order valence-corrected chi connectivity index (χ1v) is 9.37. The van der Waals surface area contributed by atoms with Crippen LogP contribution in [0, 0.1) is 0 Å². The summed E-state index contributed by atoms with van der Waals surface area (Å²) in [5.74, 6) is 0.847. The number of carbonyl (C=O) groups is 1. The molecule has 0 spiro atoms. The van der Waals surface area contributed by atoms with Gasteiger partial charge in [0.1, 0.15) is 11.4 Å². The van der Waals surface area contributed by atoms with E-state index < -0.39 is 5.60 Å². The Labute approximate surface area is 162 Å². The molecule has 0 aliphatic carbocycles. The molecule has 1 fully saturated rings. The van der Waals surface area contributed by atoms with Crippen LogP contribution >= 0.6 is 23.7 Å². The number of aromatic nitrogens is 1. The molecule has 0 unspecified atom stereocenters. The number of benzene rings is 1. The Morgan fingerprint density at radius 1 is 1.38 bits per heavy atom. The highest BCUT2D eigenvalue weighted by molar-refractivity contribution is 7.14. The molecule has 2 aliphatic rings. The molecule has 1 saturated heterocycles. The van der Waals surface area contributed by atoms with Gasteiger partial charge in [0.25, 0.3) is 5.91 Å². The molecular weight excluding hydrogens is 374 g/mol. The van der Waals surface area contributed by atoms with Crippen LogP contribution in [0.1, 0.15) is 18.4 Å². The number of anilines is 1. The molecule has 0 bridgehead atoms. The van der Waals surface area contributed by atoms with E-state index in [9.17, 15) is 4.79 Å². The van der Waals surface area contributed by atoms with Crippen LogP contribution in [0.4, 0.5) is 5.13 Å². The van der Waals surface area contributed by atoms with Crippen LogP contribution in [0.3, 0.4) is 0 Å². The van der Waals surface area contributed by atoms with E-state index in [0.29, 0.717) is 18.0 Å². The number of hydrogen-bond acceptors (Lipinski definition) is 6. The van der Waals surface area contributed by atoms with E-state index in [2.05, 4.69) is 21.7 Å². The summed E-state index contributed by atoms with van der Waals surface area (Å²) in [5.41, 5.74) is 2.36. The van der Waals surface area contributed by atoms with Crippen LogP contribution in [0.15, 0.2) is 23.6 Å². The molecule has 0 radical (unpaired) electrons. The van der Waals surface area contributed by atoms with Gasteiger partial charge in [-0.1, -0.05) is 0 Å². The maximum absolute atomic E-state index is 12.7. The minimum atomic E-state index is -0.762. The minimum Gasteiger partial charge on any atom is -0.493 e. The number of nitrogens with zero attached hydrogens (tertiary/aromatic N) is 1. The lowest BCUT2D eigenvalue weighted by Gasteiger charge is -2.34. The zero-order valence-electron chi connectivity index (χ0n) is 14.5. The van der Waals surface area contributed by atoms with E-state index in [1.54, 1.807) is 7.11 Å². The number of carbonyl (C=O) groups excluding carboxylic acids is 1. The molecule has 1 amide bonds. The predicted molar refractivity (Wildman–Crippen MR) is 104 cm³/mol. The monoisotopic (exact) mass is 395 g/mol. The summed E-state index contributed by atoms with van der Waals surface area (Å²) in [6, 6.07) is 6.12. The van der Waals surface area contributed by atoms with Crippen molar-refractivity contribution in [2.24, 2.45) is 0 Å². The van der Waals surface area contributed by atoms with Crippen LogP contribution < -0.4 is 15.4 Å². The van der Waals surface area contributed by atoms with Crippen molar-refractivity contribution < 1.29 is 14.3 Å². The summed E-state index contributed by atoms with van der Waals surface area (Å²) in [5, 5.41) is 8.76. The van der Waals surface area contributed by atoms with Gasteiger partial charge in [-0.05, 0) is 49.7 Å². The summed E-state index contributed by atoms with van der Waals surface area (Å²) in [6.07, 6.45) is 2.26. The van der Waals surface area contributed by atoms with E-state index in [4.69, 9.17) is 9.47 Å². The van der Waals surface area contributed by atoms with Crippen molar-refractivity contribution >= 4 is 34.8 Å². The van der Waals surface area contributed by atoms with E-state index in [1.165, 1.54) is 16.9 Å². The molecule has 6 nitrogen and oxygen atoms in total. The molecule has 0 saturated carbocycles. The third-order valence-corrected chi connectivity index (χ3v) is 5.68. The Morgan fingerprint density at radius 3 is 2.96 bits per heavy atom. The minimum absolute atomic E-state index is 0. The predicted octanol–water partition coefficient (Wildman–Crippen LogP) is 2.87. The summed E-state index contributed by atoms with van der Waals surface area (Å²) in [6.45, 7) is 2.30. The highest BCUT2D eigenvalue weighted by atomic mass is 35.5. The number of halogens is 1. The second kappa shape index (κ2) is 7.92. The van der Waals surface area contributed by atoms with Crippen molar-refractivity contribution in [1.82, 2.24) is 10.3 Å². The third-order valence-electron chi connectivity index (χ3n) is 4.93. The zero-order valence-corrected chi connectivity index (χ0v) is 16.2.